The number of carbonyl (C=O) groups excluding carboxylic acids is 1. The SMILES string of the molecule is Nc1ncc(Br)cc1C(=O)Nc1ccc(Cl)cn1. The maximum absolute atomic E-state index is 11.9. The van der Waals surface area contributed by atoms with Crippen LogP contribution in [0.5, 0.6) is 0 Å². The molecule has 0 spiro atoms. The van der Waals surface area contributed by atoms with Crippen LogP contribution in [0.4, 0.5) is 11.6 Å². The maximum atomic E-state index is 11.9. The zero-order valence-corrected chi connectivity index (χ0v) is 11.4. The lowest BCUT2D eigenvalue weighted by Crippen LogP contribution is -2.15. The number of nitrogen functional groups attached to an aromatic ring is 1. The van der Waals surface area contributed by atoms with Gasteiger partial charge in [0, 0.05) is 16.9 Å². The van der Waals surface area contributed by atoms with Gasteiger partial charge in [0.1, 0.15) is 11.6 Å². The average Bonchev–Trinajstić information content (AvgIpc) is 2.35. The van der Waals surface area contributed by atoms with Gasteiger partial charge in [-0.05, 0) is 34.1 Å². The van der Waals surface area contributed by atoms with Crippen molar-refractivity contribution in [1.29, 1.82) is 0 Å². The molecule has 0 saturated carbocycles. The van der Waals surface area contributed by atoms with E-state index in [1.165, 1.54) is 12.4 Å². The van der Waals surface area contributed by atoms with Gasteiger partial charge in [-0.15, -0.1) is 0 Å². The highest BCUT2D eigenvalue weighted by molar-refractivity contribution is 9.10. The third-order valence-electron chi connectivity index (χ3n) is 2.10. The van der Waals surface area contributed by atoms with E-state index in [9.17, 15) is 4.79 Å². The fourth-order valence-corrected chi connectivity index (χ4v) is 1.71. The molecule has 2 aromatic heterocycles. The molecule has 1 amide bonds. The lowest BCUT2D eigenvalue weighted by Gasteiger charge is -2.06. The molecule has 2 rings (SSSR count). The van der Waals surface area contributed by atoms with Crippen LogP contribution in [0.2, 0.25) is 5.02 Å². The monoisotopic (exact) mass is 326 g/mol. The molecule has 18 heavy (non-hydrogen) atoms. The number of nitrogens with one attached hydrogen (secondary N) is 1. The number of carbonyl (C=O) groups is 1. The van der Waals surface area contributed by atoms with Crippen LogP contribution in [-0.4, -0.2) is 15.9 Å². The first-order chi connectivity index (χ1) is 8.56. The molecule has 0 radical (unpaired) electrons. The Labute approximate surface area is 117 Å². The number of hydrogen-bond acceptors (Lipinski definition) is 4. The van der Waals surface area contributed by atoms with E-state index in [4.69, 9.17) is 17.3 Å². The molecule has 0 fully saturated rings. The molecule has 2 heterocycles. The van der Waals surface area contributed by atoms with Crippen LogP contribution < -0.4 is 11.1 Å². The summed E-state index contributed by atoms with van der Waals surface area (Å²) in [5.74, 6) is 0.171. The number of rotatable bonds is 2. The number of anilines is 2. The minimum absolute atomic E-state index is 0.157. The van der Waals surface area contributed by atoms with Gasteiger partial charge in [0.05, 0.1) is 10.6 Å². The van der Waals surface area contributed by atoms with Crippen molar-refractivity contribution in [2.45, 2.75) is 0 Å². The smallest absolute Gasteiger partial charge is 0.260 e. The molecule has 0 aliphatic rings. The van der Waals surface area contributed by atoms with E-state index < -0.39 is 0 Å². The fraction of sp³-hybridized carbons (Fsp3) is 0. The van der Waals surface area contributed by atoms with Crippen molar-refractivity contribution >= 4 is 45.1 Å². The van der Waals surface area contributed by atoms with Crippen LogP contribution in [0.3, 0.4) is 0 Å². The highest BCUT2D eigenvalue weighted by atomic mass is 79.9. The average molecular weight is 328 g/mol. The fourth-order valence-electron chi connectivity index (χ4n) is 1.27. The van der Waals surface area contributed by atoms with Gasteiger partial charge < -0.3 is 11.1 Å². The molecule has 7 heteroatoms. The quantitative estimate of drug-likeness (QED) is 0.888. The molecule has 3 N–H and O–H groups in total. The van der Waals surface area contributed by atoms with E-state index in [1.807, 2.05) is 0 Å². The Morgan fingerprint density at radius 2 is 2.11 bits per heavy atom. The molecule has 0 aliphatic heterocycles. The number of pyridine rings is 2. The standard InChI is InChI=1S/C11H8BrClN4O/c12-6-3-8(10(14)16-4-6)11(18)17-9-2-1-7(13)5-15-9/h1-5H,(H2,14,16)(H,15,17,18). The first kappa shape index (κ1) is 12.8. The Bertz CT molecular complexity index is 588. The molecule has 92 valence electrons. The van der Waals surface area contributed by atoms with Crippen LogP contribution in [0, 0.1) is 0 Å². The summed E-state index contributed by atoms with van der Waals surface area (Å²) >= 11 is 8.93. The van der Waals surface area contributed by atoms with E-state index in [0.29, 0.717) is 15.3 Å². The number of nitrogens with zero attached hydrogens (tertiary/aromatic N) is 2. The largest absolute Gasteiger partial charge is 0.383 e. The number of aromatic nitrogens is 2. The van der Waals surface area contributed by atoms with E-state index >= 15 is 0 Å². The lowest BCUT2D eigenvalue weighted by atomic mass is 10.2. The Morgan fingerprint density at radius 1 is 1.33 bits per heavy atom. The molecule has 0 unspecified atom stereocenters. The Kier molecular flexibility index (Phi) is 3.78. The van der Waals surface area contributed by atoms with Crippen LogP contribution in [0.1, 0.15) is 10.4 Å². The van der Waals surface area contributed by atoms with Crippen molar-refractivity contribution in [3.8, 4) is 0 Å². The molecule has 0 aromatic carbocycles. The summed E-state index contributed by atoms with van der Waals surface area (Å²) in [6.45, 7) is 0. The zero-order chi connectivity index (χ0) is 13.1. The van der Waals surface area contributed by atoms with E-state index in [1.54, 1.807) is 18.2 Å². The van der Waals surface area contributed by atoms with E-state index in [0.717, 1.165) is 0 Å². The predicted octanol–water partition coefficient (Wildman–Crippen LogP) is 2.73. The molecule has 0 saturated heterocycles. The number of nitrogens with two attached hydrogens (primary N) is 1. The van der Waals surface area contributed by atoms with Gasteiger partial charge in [-0.3, -0.25) is 4.79 Å². The van der Waals surface area contributed by atoms with Crippen molar-refractivity contribution in [3.63, 3.8) is 0 Å². The van der Waals surface area contributed by atoms with Crippen LogP contribution in [0.25, 0.3) is 0 Å². The van der Waals surface area contributed by atoms with Crippen LogP contribution in [-0.2, 0) is 0 Å². The maximum Gasteiger partial charge on any atom is 0.260 e. The number of amides is 1. The number of hydrogen-bond donors (Lipinski definition) is 2. The summed E-state index contributed by atoms with van der Waals surface area (Å²) in [6, 6.07) is 4.82. The highest BCUT2D eigenvalue weighted by Gasteiger charge is 2.12. The van der Waals surface area contributed by atoms with Crippen LogP contribution in [0.15, 0.2) is 35.1 Å². The third kappa shape index (κ3) is 2.96. The second-order valence-corrected chi connectivity index (χ2v) is 4.75. The van der Waals surface area contributed by atoms with Crippen molar-refractivity contribution in [2.24, 2.45) is 0 Å². The minimum Gasteiger partial charge on any atom is -0.383 e. The summed E-state index contributed by atoms with van der Waals surface area (Å²) in [4.78, 5) is 19.8. The summed E-state index contributed by atoms with van der Waals surface area (Å²) in [5, 5.41) is 3.10. The normalized spacial score (nSPS) is 10.1. The molecule has 0 bridgehead atoms. The highest BCUT2D eigenvalue weighted by Crippen LogP contribution is 2.17. The molecule has 0 atom stereocenters. The van der Waals surface area contributed by atoms with Gasteiger partial charge in [0.25, 0.3) is 5.91 Å². The van der Waals surface area contributed by atoms with Crippen molar-refractivity contribution < 1.29 is 4.79 Å². The van der Waals surface area contributed by atoms with Crippen molar-refractivity contribution in [1.82, 2.24) is 9.97 Å². The third-order valence-corrected chi connectivity index (χ3v) is 2.76. The number of halogens is 2. The summed E-state index contributed by atoms with van der Waals surface area (Å²) in [5.41, 5.74) is 5.91. The van der Waals surface area contributed by atoms with Gasteiger partial charge in [0.15, 0.2) is 0 Å². The lowest BCUT2D eigenvalue weighted by molar-refractivity contribution is 0.102. The van der Waals surface area contributed by atoms with Gasteiger partial charge >= 0.3 is 0 Å². The predicted molar refractivity (Wildman–Crippen MR) is 73.5 cm³/mol. The van der Waals surface area contributed by atoms with Crippen molar-refractivity contribution in [3.05, 3.63) is 45.7 Å². The Morgan fingerprint density at radius 3 is 2.78 bits per heavy atom. The van der Waals surface area contributed by atoms with Gasteiger partial charge in [-0.1, -0.05) is 11.6 Å². The zero-order valence-electron chi connectivity index (χ0n) is 9.02. The summed E-state index contributed by atoms with van der Waals surface area (Å²) < 4.78 is 0.672. The molecule has 2 aromatic rings. The second-order valence-electron chi connectivity index (χ2n) is 3.40. The first-order valence-electron chi connectivity index (χ1n) is 4.90. The summed E-state index contributed by atoms with van der Waals surface area (Å²) in [6.07, 6.45) is 2.96. The Balaban J connectivity index is 2.21. The molecule has 5 nitrogen and oxygen atoms in total. The molecule has 0 aliphatic carbocycles. The summed E-state index contributed by atoms with van der Waals surface area (Å²) in [7, 11) is 0. The van der Waals surface area contributed by atoms with E-state index in [2.05, 4.69) is 31.2 Å². The minimum atomic E-state index is -0.379. The topological polar surface area (TPSA) is 80.9 Å². The molecular formula is C11H8BrClN4O. The van der Waals surface area contributed by atoms with Crippen LogP contribution >= 0.6 is 27.5 Å². The second kappa shape index (κ2) is 5.32. The van der Waals surface area contributed by atoms with Gasteiger partial charge in [-0.25, -0.2) is 9.97 Å². The van der Waals surface area contributed by atoms with Crippen molar-refractivity contribution in [2.75, 3.05) is 11.1 Å². The van der Waals surface area contributed by atoms with Gasteiger partial charge in [0.2, 0.25) is 0 Å². The first-order valence-corrected chi connectivity index (χ1v) is 6.07. The Hall–Kier alpha value is -1.66. The molecular weight excluding hydrogens is 320 g/mol. The van der Waals surface area contributed by atoms with Gasteiger partial charge in [-0.2, -0.15) is 0 Å². The van der Waals surface area contributed by atoms with E-state index in [-0.39, 0.29) is 17.3 Å².